The van der Waals surface area contributed by atoms with Crippen LogP contribution in [0.1, 0.15) is 12.0 Å². The Hall–Kier alpha value is 0.330. The summed E-state index contributed by atoms with van der Waals surface area (Å²) in [6, 6.07) is 2.72. The van der Waals surface area contributed by atoms with E-state index in [9.17, 15) is 8.78 Å². The van der Waals surface area contributed by atoms with Gasteiger partial charge in [-0.25, -0.2) is 8.78 Å². The molecule has 12 heavy (non-hydrogen) atoms. The highest BCUT2D eigenvalue weighted by Crippen LogP contribution is 2.37. The maximum atomic E-state index is 12.2. The van der Waals surface area contributed by atoms with Crippen LogP contribution in [0, 0.1) is 0 Å². The average molecular weight is 320 g/mol. The Morgan fingerprint density at radius 1 is 1.17 bits per heavy atom. The highest BCUT2D eigenvalue weighted by atomic mass is 79.9. The SMILES string of the molecule is FC(F)c1ccc(Cl)c(Br)c1Br. The van der Waals surface area contributed by atoms with Gasteiger partial charge in [0.25, 0.3) is 6.43 Å². The molecule has 0 aliphatic heterocycles. The zero-order chi connectivity index (χ0) is 9.30. The van der Waals surface area contributed by atoms with Gasteiger partial charge in [0.2, 0.25) is 0 Å². The van der Waals surface area contributed by atoms with Crippen molar-refractivity contribution in [1.29, 1.82) is 0 Å². The normalized spacial score (nSPS) is 10.8. The molecule has 0 atom stereocenters. The highest BCUT2D eigenvalue weighted by Gasteiger charge is 2.14. The van der Waals surface area contributed by atoms with Gasteiger partial charge in [0.15, 0.2) is 0 Å². The highest BCUT2D eigenvalue weighted by molar-refractivity contribution is 9.13. The van der Waals surface area contributed by atoms with Gasteiger partial charge in [0.05, 0.1) is 9.50 Å². The molecule has 66 valence electrons. The van der Waals surface area contributed by atoms with Gasteiger partial charge in [-0.2, -0.15) is 0 Å². The second kappa shape index (κ2) is 4.03. The lowest BCUT2D eigenvalue weighted by Gasteiger charge is -2.05. The lowest BCUT2D eigenvalue weighted by Crippen LogP contribution is -1.87. The van der Waals surface area contributed by atoms with Crippen LogP contribution >= 0.6 is 43.5 Å². The Morgan fingerprint density at radius 2 is 1.75 bits per heavy atom. The standard InChI is InChI=1S/C7H3Br2ClF2/c8-5-3(7(11)12)1-2-4(10)6(5)9/h1-2,7H. The van der Waals surface area contributed by atoms with Gasteiger partial charge in [-0.05, 0) is 37.9 Å². The number of alkyl halides is 2. The van der Waals surface area contributed by atoms with Crippen molar-refractivity contribution < 1.29 is 8.78 Å². The quantitative estimate of drug-likeness (QED) is 0.652. The molecule has 0 saturated carbocycles. The summed E-state index contributed by atoms with van der Waals surface area (Å²) in [4.78, 5) is 0. The number of halogens is 5. The molecule has 0 bridgehead atoms. The van der Waals surface area contributed by atoms with E-state index in [0.717, 1.165) is 0 Å². The maximum absolute atomic E-state index is 12.2. The Morgan fingerprint density at radius 3 is 2.25 bits per heavy atom. The minimum absolute atomic E-state index is 0.0636. The van der Waals surface area contributed by atoms with Gasteiger partial charge in [-0.3, -0.25) is 0 Å². The van der Waals surface area contributed by atoms with E-state index in [-0.39, 0.29) is 5.56 Å². The lowest BCUT2D eigenvalue weighted by molar-refractivity contribution is 0.150. The first-order valence-electron chi connectivity index (χ1n) is 2.95. The first-order valence-corrected chi connectivity index (χ1v) is 4.92. The summed E-state index contributed by atoms with van der Waals surface area (Å²) in [7, 11) is 0. The molecule has 0 saturated heterocycles. The summed E-state index contributed by atoms with van der Waals surface area (Å²) in [5, 5.41) is 0.409. The Labute approximate surface area is 90.2 Å². The van der Waals surface area contributed by atoms with E-state index in [0.29, 0.717) is 14.0 Å². The zero-order valence-corrected chi connectivity index (χ0v) is 9.55. The van der Waals surface area contributed by atoms with Crippen LogP contribution in [0.25, 0.3) is 0 Å². The summed E-state index contributed by atoms with van der Waals surface area (Å²) < 4.78 is 25.3. The molecule has 0 amide bonds. The largest absolute Gasteiger partial charge is 0.264 e. The van der Waals surface area contributed by atoms with Crippen molar-refractivity contribution in [2.24, 2.45) is 0 Å². The third-order valence-corrected chi connectivity index (χ3v) is 4.05. The predicted octanol–water partition coefficient (Wildman–Crippen LogP) is 4.80. The zero-order valence-electron chi connectivity index (χ0n) is 5.62. The van der Waals surface area contributed by atoms with E-state index in [1.165, 1.54) is 12.1 Å². The van der Waals surface area contributed by atoms with Crippen LogP contribution in [0.5, 0.6) is 0 Å². The summed E-state index contributed by atoms with van der Waals surface area (Å²) in [6.07, 6.45) is -2.49. The van der Waals surface area contributed by atoms with Crippen molar-refractivity contribution >= 4 is 43.5 Å². The second-order valence-corrected chi connectivity index (χ2v) is 4.06. The summed E-state index contributed by atoms with van der Waals surface area (Å²) in [5.41, 5.74) is -0.0636. The molecule has 0 fully saturated rings. The van der Waals surface area contributed by atoms with Crippen LogP contribution < -0.4 is 0 Å². The molecule has 0 heterocycles. The van der Waals surface area contributed by atoms with E-state index < -0.39 is 6.43 Å². The fourth-order valence-corrected chi connectivity index (χ4v) is 1.86. The molecular formula is C7H3Br2ClF2. The summed E-state index contributed by atoms with van der Waals surface area (Å²) in [5.74, 6) is 0. The van der Waals surface area contributed by atoms with E-state index in [4.69, 9.17) is 11.6 Å². The van der Waals surface area contributed by atoms with Crippen LogP contribution in [-0.4, -0.2) is 0 Å². The minimum Gasteiger partial charge on any atom is -0.205 e. The topological polar surface area (TPSA) is 0 Å². The molecule has 1 aromatic carbocycles. The van der Waals surface area contributed by atoms with Crippen molar-refractivity contribution in [1.82, 2.24) is 0 Å². The van der Waals surface area contributed by atoms with Gasteiger partial charge < -0.3 is 0 Å². The third kappa shape index (κ3) is 1.98. The van der Waals surface area contributed by atoms with Gasteiger partial charge in [0, 0.05) is 10.0 Å². The molecule has 0 unspecified atom stereocenters. The number of rotatable bonds is 1. The Balaban J connectivity index is 3.27. The van der Waals surface area contributed by atoms with Crippen molar-refractivity contribution in [3.63, 3.8) is 0 Å². The van der Waals surface area contributed by atoms with Crippen molar-refractivity contribution in [2.45, 2.75) is 6.43 Å². The predicted molar refractivity (Wildman–Crippen MR) is 51.8 cm³/mol. The van der Waals surface area contributed by atoms with Crippen LogP contribution in [0.4, 0.5) is 8.78 Å². The molecule has 5 heteroatoms. The monoisotopic (exact) mass is 318 g/mol. The van der Waals surface area contributed by atoms with E-state index in [2.05, 4.69) is 31.9 Å². The molecule has 0 nitrogen and oxygen atoms in total. The van der Waals surface area contributed by atoms with Crippen LogP contribution in [0.3, 0.4) is 0 Å². The number of benzene rings is 1. The molecule has 1 aromatic rings. The molecule has 0 aliphatic carbocycles. The van der Waals surface area contributed by atoms with Crippen molar-refractivity contribution in [2.75, 3.05) is 0 Å². The molecule has 0 radical (unpaired) electrons. The minimum atomic E-state index is -2.49. The van der Waals surface area contributed by atoms with Crippen LogP contribution in [-0.2, 0) is 0 Å². The number of hydrogen-bond acceptors (Lipinski definition) is 0. The van der Waals surface area contributed by atoms with E-state index in [1.807, 2.05) is 0 Å². The van der Waals surface area contributed by atoms with E-state index >= 15 is 0 Å². The summed E-state index contributed by atoms with van der Waals surface area (Å²) >= 11 is 11.8. The number of hydrogen-bond donors (Lipinski definition) is 0. The fraction of sp³-hybridized carbons (Fsp3) is 0.143. The fourth-order valence-electron chi connectivity index (χ4n) is 0.709. The Bertz CT molecular complexity index is 302. The molecule has 0 N–H and O–H groups in total. The second-order valence-electron chi connectivity index (χ2n) is 2.07. The molecule has 1 rings (SSSR count). The lowest BCUT2D eigenvalue weighted by atomic mass is 10.2. The third-order valence-electron chi connectivity index (χ3n) is 1.30. The van der Waals surface area contributed by atoms with Gasteiger partial charge in [0.1, 0.15) is 0 Å². The average Bonchev–Trinajstić information content (AvgIpc) is 2.00. The van der Waals surface area contributed by atoms with Crippen molar-refractivity contribution in [3.8, 4) is 0 Å². The van der Waals surface area contributed by atoms with Crippen LogP contribution in [0.2, 0.25) is 5.02 Å². The molecule has 0 aromatic heterocycles. The smallest absolute Gasteiger partial charge is 0.205 e. The first-order chi connectivity index (χ1) is 5.54. The van der Waals surface area contributed by atoms with Gasteiger partial charge in [-0.1, -0.05) is 17.7 Å². The van der Waals surface area contributed by atoms with Gasteiger partial charge in [-0.15, -0.1) is 0 Å². The molecule has 0 aliphatic rings. The van der Waals surface area contributed by atoms with E-state index in [1.54, 1.807) is 0 Å². The maximum Gasteiger partial charge on any atom is 0.264 e. The van der Waals surface area contributed by atoms with Crippen LogP contribution in [0.15, 0.2) is 21.1 Å². The summed E-state index contributed by atoms with van der Waals surface area (Å²) in [6.45, 7) is 0. The van der Waals surface area contributed by atoms with Crippen molar-refractivity contribution in [3.05, 3.63) is 31.7 Å². The molecule has 0 spiro atoms. The first kappa shape index (κ1) is 10.4. The Kier molecular flexibility index (Phi) is 3.49. The van der Waals surface area contributed by atoms with Gasteiger partial charge >= 0.3 is 0 Å². The molecular weight excluding hydrogens is 317 g/mol.